The van der Waals surface area contributed by atoms with Crippen molar-refractivity contribution in [1.82, 2.24) is 0 Å². The van der Waals surface area contributed by atoms with E-state index < -0.39 is 0 Å². The molecule has 0 bridgehead atoms. The Morgan fingerprint density at radius 1 is 1.67 bits per heavy atom. The van der Waals surface area contributed by atoms with Crippen molar-refractivity contribution in [2.45, 2.75) is 0 Å². The van der Waals surface area contributed by atoms with Gasteiger partial charge in [0.05, 0.1) is 0 Å². The minimum Gasteiger partial charge on any atom is -0.408 e. The van der Waals surface area contributed by atoms with Gasteiger partial charge >= 0.3 is 0 Å². The maximum atomic E-state index is 4.87. The van der Waals surface area contributed by atoms with E-state index in [1.807, 2.05) is 6.07 Å². The molecule has 0 saturated carbocycles. The summed E-state index contributed by atoms with van der Waals surface area (Å²) in [6.45, 7) is 0. The van der Waals surface area contributed by atoms with E-state index in [-0.39, 0.29) is 0 Å². The van der Waals surface area contributed by atoms with E-state index >= 15 is 0 Å². The quantitative estimate of drug-likeness (QED) is 0.506. The lowest BCUT2D eigenvalue weighted by atomic mass is 10.3. The Hall–Kier alpha value is -1.42. The third kappa shape index (κ3) is 1.50. The zero-order valence-corrected chi connectivity index (χ0v) is 4.79. The van der Waals surface area contributed by atoms with Gasteiger partial charge in [0, 0.05) is 0 Å². The van der Waals surface area contributed by atoms with Crippen LogP contribution in [0.4, 0.5) is 0 Å². The fourth-order valence-electron chi connectivity index (χ4n) is 0.508. The smallest absolute Gasteiger partial charge is 0.140 e. The van der Waals surface area contributed by atoms with Crippen LogP contribution in [-0.4, -0.2) is 0 Å². The first-order valence-corrected chi connectivity index (χ1v) is 2.52. The number of hydrogen-bond acceptors (Lipinski definition) is 1. The molecule has 0 aromatic heterocycles. The van der Waals surface area contributed by atoms with E-state index in [0.29, 0.717) is 5.75 Å². The van der Waals surface area contributed by atoms with Crippen molar-refractivity contribution >= 4 is 0 Å². The molecule has 0 aliphatic rings. The Morgan fingerprint density at radius 3 is 3.11 bits per heavy atom. The van der Waals surface area contributed by atoms with Gasteiger partial charge in [-0.05, 0) is 18.2 Å². The molecule has 0 saturated heterocycles. The maximum Gasteiger partial charge on any atom is 0.140 e. The highest BCUT2D eigenvalue weighted by atomic mass is 16.5. The van der Waals surface area contributed by atoms with Crippen molar-refractivity contribution in [3.63, 3.8) is 0 Å². The first kappa shape index (κ1) is 5.71. The number of rotatable bonds is 1. The molecule has 9 heavy (non-hydrogen) atoms. The highest BCUT2D eigenvalue weighted by Crippen LogP contribution is 2.05. The van der Waals surface area contributed by atoms with Crippen molar-refractivity contribution in [3.8, 4) is 18.3 Å². The van der Waals surface area contributed by atoms with E-state index in [2.05, 4.69) is 12.2 Å². The van der Waals surface area contributed by atoms with Gasteiger partial charge < -0.3 is 4.74 Å². The van der Waals surface area contributed by atoms with E-state index in [9.17, 15) is 0 Å². The molecule has 0 atom stereocenters. The monoisotopic (exact) mass is 117 g/mol. The average molecular weight is 117 g/mol. The summed E-state index contributed by atoms with van der Waals surface area (Å²) in [6, 6.07) is 9.87. The Balaban J connectivity index is 2.76. The van der Waals surface area contributed by atoms with Crippen molar-refractivity contribution in [2.75, 3.05) is 0 Å². The van der Waals surface area contributed by atoms with Gasteiger partial charge in [0.2, 0.25) is 0 Å². The van der Waals surface area contributed by atoms with Crippen LogP contribution in [0.5, 0.6) is 5.75 Å². The first-order chi connectivity index (χ1) is 4.43. The van der Waals surface area contributed by atoms with Crippen molar-refractivity contribution in [3.05, 3.63) is 30.3 Å². The number of ether oxygens (including phenoxy) is 1. The molecule has 1 rings (SSSR count). The second kappa shape index (κ2) is 2.78. The van der Waals surface area contributed by atoms with Crippen LogP contribution in [0.1, 0.15) is 0 Å². The van der Waals surface area contributed by atoms with Crippen molar-refractivity contribution < 1.29 is 4.74 Å². The molecule has 0 fully saturated rings. The van der Waals surface area contributed by atoms with Crippen molar-refractivity contribution in [1.29, 1.82) is 0 Å². The molecule has 0 aliphatic carbocycles. The van der Waals surface area contributed by atoms with Gasteiger partial charge in [-0.15, -0.1) is 0 Å². The third-order valence-electron chi connectivity index (χ3n) is 0.855. The number of benzene rings is 1. The van der Waals surface area contributed by atoms with E-state index in [1.165, 1.54) is 0 Å². The lowest BCUT2D eigenvalue weighted by molar-refractivity contribution is 0.520. The van der Waals surface area contributed by atoms with Gasteiger partial charge in [-0.1, -0.05) is 18.6 Å². The average Bonchev–Trinajstić information content (AvgIpc) is 1.91. The highest BCUT2D eigenvalue weighted by Gasteiger charge is 1.83. The third-order valence-corrected chi connectivity index (χ3v) is 0.855. The summed E-state index contributed by atoms with van der Waals surface area (Å²) in [5.74, 6) is 0.653. The molecule has 0 aliphatic heterocycles. The van der Waals surface area contributed by atoms with Crippen LogP contribution in [0, 0.1) is 18.6 Å². The summed E-state index contributed by atoms with van der Waals surface area (Å²) in [5.41, 5.74) is 0. The molecule has 1 aromatic rings. The Bertz CT molecular complexity index is 208. The topological polar surface area (TPSA) is 9.23 Å². The second-order valence-corrected chi connectivity index (χ2v) is 1.46. The first-order valence-electron chi connectivity index (χ1n) is 2.52. The highest BCUT2D eigenvalue weighted by molar-refractivity contribution is 5.21. The van der Waals surface area contributed by atoms with Crippen LogP contribution in [0.2, 0.25) is 0 Å². The van der Waals surface area contributed by atoms with Crippen molar-refractivity contribution in [2.24, 2.45) is 0 Å². The van der Waals surface area contributed by atoms with Gasteiger partial charge in [-0.2, -0.15) is 0 Å². The molecule has 0 N–H and O–H groups in total. The fraction of sp³-hybridized carbons (Fsp3) is 0. The van der Waals surface area contributed by atoms with Crippen LogP contribution >= 0.6 is 0 Å². The zero-order valence-electron chi connectivity index (χ0n) is 4.79. The van der Waals surface area contributed by atoms with Crippen LogP contribution in [0.15, 0.2) is 24.3 Å². The van der Waals surface area contributed by atoms with Gasteiger partial charge in [-0.3, -0.25) is 0 Å². The van der Waals surface area contributed by atoms with Gasteiger partial charge in [0.1, 0.15) is 11.9 Å². The van der Waals surface area contributed by atoms with E-state index in [0.717, 1.165) is 0 Å². The van der Waals surface area contributed by atoms with Gasteiger partial charge in [0.15, 0.2) is 0 Å². The standard InChI is InChI=1S/C8H5O/c1-2-9-8-6-4-3-5-7-8/h1,3-4,6-7H. The molecule has 0 heterocycles. The summed E-state index contributed by atoms with van der Waals surface area (Å²) in [6.07, 6.45) is 6.94. The molecule has 0 spiro atoms. The van der Waals surface area contributed by atoms with Crippen LogP contribution in [0.25, 0.3) is 0 Å². The molecule has 1 heteroatoms. The molecular formula is C8H5O. The number of hydrogen-bond donors (Lipinski definition) is 0. The lowest BCUT2D eigenvalue weighted by Gasteiger charge is -1.91. The van der Waals surface area contributed by atoms with Crippen LogP contribution in [0.3, 0.4) is 0 Å². The normalized spacial score (nSPS) is 7.89. The summed E-state index contributed by atoms with van der Waals surface area (Å²) in [4.78, 5) is 0. The van der Waals surface area contributed by atoms with Gasteiger partial charge in [0.25, 0.3) is 0 Å². The van der Waals surface area contributed by atoms with Gasteiger partial charge in [-0.25, -0.2) is 0 Å². The van der Waals surface area contributed by atoms with Crippen LogP contribution < -0.4 is 4.74 Å². The summed E-state index contributed by atoms with van der Waals surface area (Å²) < 4.78 is 4.70. The minimum absolute atomic E-state index is 0.653. The SMILES string of the molecule is C#COc1c[c]ccc1. The molecule has 0 unspecified atom stereocenters. The largest absolute Gasteiger partial charge is 0.408 e. The molecule has 0 amide bonds. The predicted octanol–water partition coefficient (Wildman–Crippen LogP) is 1.46. The second-order valence-electron chi connectivity index (χ2n) is 1.46. The molecule has 1 radical (unpaired) electrons. The molecule has 1 aromatic carbocycles. The summed E-state index contributed by atoms with van der Waals surface area (Å²) in [5, 5.41) is 0. The number of terminal acetylenes is 1. The maximum absolute atomic E-state index is 4.87. The summed E-state index contributed by atoms with van der Waals surface area (Å²) in [7, 11) is 0. The minimum atomic E-state index is 0.653. The fourth-order valence-corrected chi connectivity index (χ4v) is 0.508. The van der Waals surface area contributed by atoms with E-state index in [4.69, 9.17) is 11.2 Å². The molecule has 43 valence electrons. The summed E-state index contributed by atoms with van der Waals surface area (Å²) >= 11 is 0. The Morgan fingerprint density at radius 2 is 2.56 bits per heavy atom. The molecule has 1 nitrogen and oxygen atoms in total. The Kier molecular flexibility index (Phi) is 1.77. The lowest BCUT2D eigenvalue weighted by Crippen LogP contribution is -1.78. The predicted molar refractivity (Wildman–Crippen MR) is 34.7 cm³/mol. The van der Waals surface area contributed by atoms with E-state index in [1.54, 1.807) is 18.2 Å². The zero-order chi connectivity index (χ0) is 6.53. The molecular weight excluding hydrogens is 112 g/mol. The Labute approximate surface area is 54.3 Å². The van der Waals surface area contributed by atoms with Crippen LogP contribution in [-0.2, 0) is 0 Å².